The van der Waals surface area contributed by atoms with Crippen molar-refractivity contribution in [2.45, 2.75) is 13.0 Å². The van der Waals surface area contributed by atoms with E-state index in [0.29, 0.717) is 37.4 Å². The Bertz CT molecular complexity index is 633. The lowest BCUT2D eigenvalue weighted by molar-refractivity contribution is -0.137. The van der Waals surface area contributed by atoms with Crippen molar-refractivity contribution in [2.75, 3.05) is 45.2 Å². The summed E-state index contributed by atoms with van der Waals surface area (Å²) in [6.45, 7) is 4.39. The predicted octanol–water partition coefficient (Wildman–Crippen LogP) is 0.676. The second-order valence-electron chi connectivity index (χ2n) is 5.71. The quantitative estimate of drug-likeness (QED) is 0.858. The molecular formula is C17H22N4O3. The van der Waals surface area contributed by atoms with Crippen molar-refractivity contribution in [1.82, 2.24) is 9.80 Å². The van der Waals surface area contributed by atoms with Crippen LogP contribution < -0.4 is 5.32 Å². The van der Waals surface area contributed by atoms with Gasteiger partial charge in [-0.3, -0.25) is 14.5 Å². The molecule has 1 N–H and O–H groups in total. The number of anilines is 1. The number of methoxy groups -OCH3 is 1. The van der Waals surface area contributed by atoms with Crippen molar-refractivity contribution in [3.63, 3.8) is 0 Å². The van der Waals surface area contributed by atoms with E-state index in [4.69, 9.17) is 10.00 Å². The van der Waals surface area contributed by atoms with Gasteiger partial charge in [-0.2, -0.15) is 5.26 Å². The van der Waals surface area contributed by atoms with E-state index >= 15 is 0 Å². The number of rotatable bonds is 5. The molecule has 24 heavy (non-hydrogen) atoms. The zero-order valence-electron chi connectivity index (χ0n) is 14.0. The number of benzene rings is 1. The Morgan fingerprint density at radius 1 is 1.33 bits per heavy atom. The molecule has 2 amide bonds. The summed E-state index contributed by atoms with van der Waals surface area (Å²) < 4.78 is 4.86. The standard InChI is InChI=1S/C17H22N4O3/c1-13(17(23)19-15-5-3-4-14(10-15)11-18)20-6-8-21(9-7-20)16(22)12-24-2/h3-5,10,13H,6-9,12H2,1-2H3,(H,19,23). The maximum Gasteiger partial charge on any atom is 0.248 e. The smallest absolute Gasteiger partial charge is 0.248 e. The molecule has 1 saturated heterocycles. The van der Waals surface area contributed by atoms with E-state index in [0.717, 1.165) is 0 Å². The summed E-state index contributed by atoms with van der Waals surface area (Å²) in [6, 6.07) is 8.57. The summed E-state index contributed by atoms with van der Waals surface area (Å²) >= 11 is 0. The van der Waals surface area contributed by atoms with Crippen LogP contribution in [-0.2, 0) is 14.3 Å². The van der Waals surface area contributed by atoms with E-state index in [9.17, 15) is 9.59 Å². The molecule has 1 heterocycles. The lowest BCUT2D eigenvalue weighted by Crippen LogP contribution is -2.54. The van der Waals surface area contributed by atoms with E-state index < -0.39 is 0 Å². The molecule has 0 radical (unpaired) electrons. The number of hydrogen-bond acceptors (Lipinski definition) is 5. The fourth-order valence-corrected chi connectivity index (χ4v) is 2.65. The summed E-state index contributed by atoms with van der Waals surface area (Å²) in [5.74, 6) is -0.149. The largest absolute Gasteiger partial charge is 0.375 e. The van der Waals surface area contributed by atoms with Crippen LogP contribution in [0.1, 0.15) is 12.5 Å². The number of nitrogens with one attached hydrogen (secondary N) is 1. The average molecular weight is 330 g/mol. The fourth-order valence-electron chi connectivity index (χ4n) is 2.65. The molecule has 2 rings (SSSR count). The van der Waals surface area contributed by atoms with Gasteiger partial charge >= 0.3 is 0 Å². The molecule has 1 aromatic rings. The molecule has 0 aromatic heterocycles. The minimum Gasteiger partial charge on any atom is -0.375 e. The first-order chi connectivity index (χ1) is 11.5. The Hall–Kier alpha value is -2.43. The van der Waals surface area contributed by atoms with E-state index in [1.54, 1.807) is 29.2 Å². The SMILES string of the molecule is COCC(=O)N1CCN(C(C)C(=O)Nc2cccc(C#N)c2)CC1. The van der Waals surface area contributed by atoms with Gasteiger partial charge in [0.2, 0.25) is 11.8 Å². The molecule has 1 unspecified atom stereocenters. The van der Waals surface area contributed by atoms with Gasteiger partial charge in [0.1, 0.15) is 6.61 Å². The third-order valence-corrected chi connectivity index (χ3v) is 4.12. The Balaban J connectivity index is 1.88. The molecule has 1 fully saturated rings. The summed E-state index contributed by atoms with van der Waals surface area (Å²) in [4.78, 5) is 28.0. The Labute approximate surface area is 141 Å². The highest BCUT2D eigenvalue weighted by atomic mass is 16.5. The van der Waals surface area contributed by atoms with Crippen molar-refractivity contribution >= 4 is 17.5 Å². The lowest BCUT2D eigenvalue weighted by Gasteiger charge is -2.37. The Morgan fingerprint density at radius 3 is 2.67 bits per heavy atom. The van der Waals surface area contributed by atoms with Crippen molar-refractivity contribution in [3.8, 4) is 6.07 Å². The molecular weight excluding hydrogens is 308 g/mol. The monoisotopic (exact) mass is 330 g/mol. The summed E-state index contributed by atoms with van der Waals surface area (Å²) in [7, 11) is 1.50. The first-order valence-corrected chi connectivity index (χ1v) is 7.87. The number of nitrogens with zero attached hydrogens (tertiary/aromatic N) is 3. The second-order valence-corrected chi connectivity index (χ2v) is 5.71. The van der Waals surface area contributed by atoms with Gasteiger partial charge < -0.3 is 15.0 Å². The third kappa shape index (κ3) is 4.54. The van der Waals surface area contributed by atoms with Crippen LogP contribution in [-0.4, -0.2) is 67.6 Å². The van der Waals surface area contributed by atoms with E-state index in [1.807, 2.05) is 17.9 Å². The van der Waals surface area contributed by atoms with Crippen molar-refractivity contribution < 1.29 is 14.3 Å². The third-order valence-electron chi connectivity index (χ3n) is 4.12. The van der Waals surface area contributed by atoms with Gasteiger partial charge in [-0.25, -0.2) is 0 Å². The molecule has 1 aliphatic rings. The van der Waals surface area contributed by atoms with Crippen LogP contribution >= 0.6 is 0 Å². The van der Waals surface area contributed by atoms with Crippen molar-refractivity contribution in [1.29, 1.82) is 5.26 Å². The Kier molecular flexibility index (Phi) is 6.29. The summed E-state index contributed by atoms with van der Waals surface area (Å²) in [6.07, 6.45) is 0. The maximum absolute atomic E-state index is 12.4. The van der Waals surface area contributed by atoms with Crippen molar-refractivity contribution in [3.05, 3.63) is 29.8 Å². The number of carbonyl (C=O) groups excluding carboxylic acids is 2. The summed E-state index contributed by atoms with van der Waals surface area (Å²) in [5, 5.41) is 11.7. The van der Waals surface area contributed by atoms with Gasteiger partial charge in [0.25, 0.3) is 0 Å². The van der Waals surface area contributed by atoms with Crippen molar-refractivity contribution in [2.24, 2.45) is 0 Å². The molecule has 1 aliphatic heterocycles. The molecule has 7 heteroatoms. The van der Waals surface area contributed by atoms with Crippen LogP contribution in [0.25, 0.3) is 0 Å². The molecule has 1 aromatic carbocycles. The zero-order valence-corrected chi connectivity index (χ0v) is 14.0. The number of piperazine rings is 1. The highest BCUT2D eigenvalue weighted by molar-refractivity contribution is 5.94. The van der Waals surface area contributed by atoms with Crippen LogP contribution in [0.15, 0.2) is 24.3 Å². The lowest BCUT2D eigenvalue weighted by atomic mass is 10.2. The zero-order chi connectivity index (χ0) is 17.5. The molecule has 0 aliphatic carbocycles. The molecule has 7 nitrogen and oxygen atoms in total. The predicted molar refractivity (Wildman–Crippen MR) is 89.3 cm³/mol. The molecule has 0 bridgehead atoms. The summed E-state index contributed by atoms with van der Waals surface area (Å²) in [5.41, 5.74) is 1.12. The number of hydrogen-bond donors (Lipinski definition) is 1. The minimum absolute atomic E-state index is 0.0254. The van der Waals surface area contributed by atoms with Crippen LogP contribution in [0.5, 0.6) is 0 Å². The van der Waals surface area contributed by atoms with Crippen LogP contribution in [0.3, 0.4) is 0 Å². The molecule has 128 valence electrons. The molecule has 0 spiro atoms. The van der Waals surface area contributed by atoms with Gasteiger partial charge in [0, 0.05) is 39.0 Å². The van der Waals surface area contributed by atoms with Gasteiger partial charge in [0.15, 0.2) is 0 Å². The normalized spacial score (nSPS) is 16.3. The number of carbonyl (C=O) groups is 2. The highest BCUT2D eigenvalue weighted by Crippen LogP contribution is 2.13. The van der Waals surface area contributed by atoms with Gasteiger partial charge in [0.05, 0.1) is 17.7 Å². The van der Waals surface area contributed by atoms with Crippen LogP contribution in [0.4, 0.5) is 5.69 Å². The molecule has 0 saturated carbocycles. The number of nitriles is 1. The number of ether oxygens (including phenoxy) is 1. The maximum atomic E-state index is 12.4. The van der Waals surface area contributed by atoms with E-state index in [2.05, 4.69) is 5.32 Å². The van der Waals surface area contributed by atoms with E-state index in [-0.39, 0.29) is 24.5 Å². The van der Waals surface area contributed by atoms with Gasteiger partial charge in [-0.1, -0.05) is 6.07 Å². The number of amides is 2. The fraction of sp³-hybridized carbons (Fsp3) is 0.471. The Morgan fingerprint density at radius 2 is 2.04 bits per heavy atom. The second kappa shape index (κ2) is 8.43. The minimum atomic E-state index is -0.310. The molecule has 1 atom stereocenters. The van der Waals surface area contributed by atoms with Crippen LogP contribution in [0.2, 0.25) is 0 Å². The van der Waals surface area contributed by atoms with Gasteiger partial charge in [-0.15, -0.1) is 0 Å². The average Bonchev–Trinajstić information content (AvgIpc) is 2.61. The topological polar surface area (TPSA) is 85.7 Å². The van der Waals surface area contributed by atoms with E-state index in [1.165, 1.54) is 7.11 Å². The highest BCUT2D eigenvalue weighted by Gasteiger charge is 2.27. The first kappa shape index (κ1) is 17.9. The van der Waals surface area contributed by atoms with Gasteiger partial charge in [-0.05, 0) is 25.1 Å². The van der Waals surface area contributed by atoms with Crippen LogP contribution in [0, 0.1) is 11.3 Å². The first-order valence-electron chi connectivity index (χ1n) is 7.87.